The lowest BCUT2D eigenvalue weighted by Gasteiger charge is -2.11. The van der Waals surface area contributed by atoms with E-state index in [1.165, 1.54) is 5.56 Å². The number of benzene rings is 2. The van der Waals surface area contributed by atoms with Gasteiger partial charge >= 0.3 is 0 Å². The number of pyridine rings is 1. The average molecular weight is 425 g/mol. The topological polar surface area (TPSA) is 69.4 Å². The highest BCUT2D eigenvalue weighted by Crippen LogP contribution is 2.27. The van der Waals surface area contributed by atoms with Gasteiger partial charge in [-0.1, -0.05) is 54.2 Å². The standard InChI is InChI=1S/C24H20N6S/c1-17-22(27-21-12-6-5-11-20(21)26-17)16-31-24-29-28-23(19-10-7-13-25-14-19)30(24)15-18-8-3-2-4-9-18/h2-14H,15-16H2,1H3. The summed E-state index contributed by atoms with van der Waals surface area (Å²) in [7, 11) is 0. The molecule has 6 nitrogen and oxygen atoms in total. The van der Waals surface area contributed by atoms with E-state index in [0.717, 1.165) is 39.0 Å². The maximum absolute atomic E-state index is 4.82. The van der Waals surface area contributed by atoms with E-state index in [0.29, 0.717) is 12.3 Å². The van der Waals surface area contributed by atoms with Gasteiger partial charge in [-0.05, 0) is 36.8 Å². The maximum atomic E-state index is 4.82. The van der Waals surface area contributed by atoms with Crippen molar-refractivity contribution in [2.75, 3.05) is 0 Å². The van der Waals surface area contributed by atoms with Gasteiger partial charge in [0, 0.05) is 23.7 Å². The van der Waals surface area contributed by atoms with Crippen molar-refractivity contribution in [2.45, 2.75) is 24.4 Å². The van der Waals surface area contributed by atoms with Crippen LogP contribution in [0.1, 0.15) is 17.0 Å². The van der Waals surface area contributed by atoms with Crippen LogP contribution in [-0.2, 0) is 12.3 Å². The maximum Gasteiger partial charge on any atom is 0.192 e. The van der Waals surface area contributed by atoms with Crippen molar-refractivity contribution >= 4 is 22.8 Å². The Morgan fingerprint density at radius 3 is 2.39 bits per heavy atom. The second-order valence-electron chi connectivity index (χ2n) is 7.15. The molecule has 152 valence electrons. The molecule has 0 saturated carbocycles. The predicted octanol–water partition coefficient (Wildman–Crippen LogP) is 4.93. The predicted molar refractivity (Wildman–Crippen MR) is 123 cm³/mol. The number of aromatic nitrogens is 6. The molecule has 0 atom stereocenters. The number of para-hydroxylation sites is 2. The van der Waals surface area contributed by atoms with Gasteiger partial charge in [-0.2, -0.15) is 0 Å². The fourth-order valence-corrected chi connectivity index (χ4v) is 4.35. The molecule has 7 heteroatoms. The zero-order chi connectivity index (χ0) is 21.0. The molecule has 2 aromatic carbocycles. The molecule has 0 aliphatic carbocycles. The van der Waals surface area contributed by atoms with Crippen molar-refractivity contribution in [1.82, 2.24) is 29.7 Å². The molecule has 5 rings (SSSR count). The summed E-state index contributed by atoms with van der Waals surface area (Å²) >= 11 is 1.62. The van der Waals surface area contributed by atoms with Crippen LogP contribution < -0.4 is 0 Å². The number of rotatable bonds is 6. The zero-order valence-corrected chi connectivity index (χ0v) is 17.8. The largest absolute Gasteiger partial charge is 0.297 e. The molecule has 3 aromatic heterocycles. The molecule has 0 radical (unpaired) electrons. The van der Waals surface area contributed by atoms with Crippen LogP contribution in [-0.4, -0.2) is 29.7 Å². The summed E-state index contributed by atoms with van der Waals surface area (Å²) in [5, 5.41) is 9.82. The second-order valence-corrected chi connectivity index (χ2v) is 8.10. The molecule has 0 spiro atoms. The first-order valence-corrected chi connectivity index (χ1v) is 11.0. The third-order valence-electron chi connectivity index (χ3n) is 5.00. The van der Waals surface area contributed by atoms with Crippen LogP contribution >= 0.6 is 11.8 Å². The molecule has 0 N–H and O–H groups in total. The SMILES string of the molecule is Cc1nc2ccccc2nc1CSc1nnc(-c2cccnc2)n1Cc1ccccc1. The van der Waals surface area contributed by atoms with Crippen LogP contribution in [0.3, 0.4) is 0 Å². The van der Waals surface area contributed by atoms with E-state index >= 15 is 0 Å². The summed E-state index contributed by atoms with van der Waals surface area (Å²) in [6.45, 7) is 2.69. The van der Waals surface area contributed by atoms with E-state index in [4.69, 9.17) is 9.97 Å². The highest BCUT2D eigenvalue weighted by Gasteiger charge is 2.16. The van der Waals surface area contributed by atoms with Crippen LogP contribution in [0.5, 0.6) is 0 Å². The van der Waals surface area contributed by atoms with Gasteiger partial charge in [-0.3, -0.25) is 9.55 Å². The van der Waals surface area contributed by atoms with Crippen LogP contribution in [0.2, 0.25) is 0 Å². The van der Waals surface area contributed by atoms with E-state index in [1.807, 2.05) is 67.7 Å². The molecule has 0 aliphatic rings. The Bertz CT molecular complexity index is 1320. The number of aryl methyl sites for hydroxylation is 1. The number of hydrogen-bond acceptors (Lipinski definition) is 6. The highest BCUT2D eigenvalue weighted by molar-refractivity contribution is 7.98. The van der Waals surface area contributed by atoms with Crippen LogP contribution in [0.15, 0.2) is 84.3 Å². The van der Waals surface area contributed by atoms with Crippen LogP contribution in [0.25, 0.3) is 22.4 Å². The van der Waals surface area contributed by atoms with Crippen molar-refractivity contribution in [3.05, 3.63) is 96.1 Å². The Labute approximate surface area is 184 Å². The molecular formula is C24H20N6S. The van der Waals surface area contributed by atoms with Crippen molar-refractivity contribution in [3.8, 4) is 11.4 Å². The Morgan fingerprint density at radius 1 is 0.839 bits per heavy atom. The third-order valence-corrected chi connectivity index (χ3v) is 5.98. The van der Waals surface area contributed by atoms with Crippen molar-refractivity contribution < 1.29 is 0 Å². The monoisotopic (exact) mass is 424 g/mol. The molecule has 5 aromatic rings. The number of thioether (sulfide) groups is 1. The molecule has 0 saturated heterocycles. The lowest BCUT2D eigenvalue weighted by Crippen LogP contribution is -2.05. The lowest BCUT2D eigenvalue weighted by molar-refractivity contribution is 0.714. The Kier molecular flexibility index (Phi) is 5.41. The van der Waals surface area contributed by atoms with Gasteiger partial charge in [0.1, 0.15) is 0 Å². The Hall–Kier alpha value is -3.58. The average Bonchev–Trinajstić information content (AvgIpc) is 3.21. The molecule has 0 fully saturated rings. The van der Waals surface area contributed by atoms with E-state index < -0.39 is 0 Å². The van der Waals surface area contributed by atoms with Crippen LogP contribution in [0, 0.1) is 6.92 Å². The second kappa shape index (κ2) is 8.65. The van der Waals surface area contributed by atoms with E-state index in [9.17, 15) is 0 Å². The number of fused-ring (bicyclic) bond motifs is 1. The summed E-state index contributed by atoms with van der Waals surface area (Å²) < 4.78 is 2.14. The number of hydrogen-bond donors (Lipinski definition) is 0. The quantitative estimate of drug-likeness (QED) is 0.360. The number of nitrogens with zero attached hydrogens (tertiary/aromatic N) is 6. The van der Waals surface area contributed by atoms with Gasteiger partial charge in [-0.25, -0.2) is 9.97 Å². The lowest BCUT2D eigenvalue weighted by atomic mass is 10.2. The summed E-state index contributed by atoms with van der Waals surface area (Å²) in [6, 6.07) is 22.2. The van der Waals surface area contributed by atoms with Gasteiger partial charge in [0.2, 0.25) is 0 Å². The van der Waals surface area contributed by atoms with Gasteiger partial charge < -0.3 is 0 Å². The molecule has 3 heterocycles. The summed E-state index contributed by atoms with van der Waals surface area (Å²) in [5.74, 6) is 1.48. The summed E-state index contributed by atoms with van der Waals surface area (Å²) in [6.07, 6.45) is 3.58. The normalized spacial score (nSPS) is 11.1. The molecular weight excluding hydrogens is 404 g/mol. The minimum absolute atomic E-state index is 0.670. The summed E-state index contributed by atoms with van der Waals surface area (Å²) in [4.78, 5) is 13.8. The minimum atomic E-state index is 0.670. The zero-order valence-electron chi connectivity index (χ0n) is 17.0. The van der Waals surface area contributed by atoms with E-state index in [2.05, 4.69) is 31.9 Å². The van der Waals surface area contributed by atoms with Crippen molar-refractivity contribution in [3.63, 3.8) is 0 Å². The van der Waals surface area contributed by atoms with Gasteiger partial charge in [0.25, 0.3) is 0 Å². The Balaban J connectivity index is 1.47. The Morgan fingerprint density at radius 2 is 1.61 bits per heavy atom. The minimum Gasteiger partial charge on any atom is -0.297 e. The van der Waals surface area contributed by atoms with Crippen molar-refractivity contribution in [1.29, 1.82) is 0 Å². The van der Waals surface area contributed by atoms with Gasteiger partial charge in [-0.15, -0.1) is 10.2 Å². The van der Waals surface area contributed by atoms with Gasteiger partial charge in [0.15, 0.2) is 11.0 Å². The smallest absolute Gasteiger partial charge is 0.192 e. The third kappa shape index (κ3) is 4.18. The molecule has 0 bridgehead atoms. The van der Waals surface area contributed by atoms with E-state index in [1.54, 1.807) is 18.0 Å². The fraction of sp³-hybridized carbons (Fsp3) is 0.125. The first kappa shape index (κ1) is 19.4. The highest BCUT2D eigenvalue weighted by atomic mass is 32.2. The van der Waals surface area contributed by atoms with Gasteiger partial charge in [0.05, 0.1) is 29.0 Å². The summed E-state index contributed by atoms with van der Waals surface area (Å²) in [5.41, 5.74) is 5.86. The van der Waals surface area contributed by atoms with Crippen LogP contribution in [0.4, 0.5) is 0 Å². The fourth-order valence-electron chi connectivity index (χ4n) is 3.41. The molecule has 31 heavy (non-hydrogen) atoms. The first-order chi connectivity index (χ1) is 15.3. The van der Waals surface area contributed by atoms with Crippen molar-refractivity contribution in [2.24, 2.45) is 0 Å². The molecule has 0 aliphatic heterocycles. The molecule has 0 amide bonds. The molecule has 0 unspecified atom stereocenters. The van der Waals surface area contributed by atoms with E-state index in [-0.39, 0.29) is 0 Å². The first-order valence-electron chi connectivity index (χ1n) is 10.0.